The molecule has 2 aromatic carbocycles. The van der Waals surface area contributed by atoms with E-state index < -0.39 is 11.7 Å². The van der Waals surface area contributed by atoms with Gasteiger partial charge in [-0.1, -0.05) is 6.07 Å². The van der Waals surface area contributed by atoms with Crippen LogP contribution in [0.3, 0.4) is 0 Å². The number of amides is 2. The van der Waals surface area contributed by atoms with Crippen LogP contribution in [0.1, 0.15) is 52.0 Å². The van der Waals surface area contributed by atoms with Crippen molar-refractivity contribution in [2.24, 2.45) is 0 Å². The molecule has 0 bridgehead atoms. The highest BCUT2D eigenvalue weighted by atomic mass is 16.6. The number of aryl methyl sites for hydroxylation is 1. The smallest absolute Gasteiger partial charge is 0.407 e. The summed E-state index contributed by atoms with van der Waals surface area (Å²) in [6, 6.07) is 15.6. The predicted octanol–water partition coefficient (Wildman–Crippen LogP) is 4.27. The number of anilines is 1. The van der Waals surface area contributed by atoms with Gasteiger partial charge in [-0.05, 0) is 70.5 Å². The number of rotatable bonds is 12. The van der Waals surface area contributed by atoms with Crippen LogP contribution in [0.5, 0.6) is 0 Å². The van der Waals surface area contributed by atoms with Gasteiger partial charge in [0.15, 0.2) is 0 Å². The normalized spacial score (nSPS) is 11.5. The Morgan fingerprint density at radius 1 is 0.895 bits per heavy atom. The van der Waals surface area contributed by atoms with Gasteiger partial charge < -0.3 is 25.6 Å². The molecular formula is C30H44N5O3+. The molecule has 3 rings (SSSR count). The lowest BCUT2D eigenvalue weighted by Gasteiger charge is -2.19. The van der Waals surface area contributed by atoms with Crippen molar-refractivity contribution in [1.82, 2.24) is 16.0 Å². The zero-order valence-electron chi connectivity index (χ0n) is 23.8. The molecule has 0 radical (unpaired) electrons. The third-order valence-corrected chi connectivity index (χ3v) is 6.30. The number of hydrogen-bond acceptors (Lipinski definition) is 5. The van der Waals surface area contributed by atoms with Crippen molar-refractivity contribution < 1.29 is 18.9 Å². The maximum absolute atomic E-state index is 12.2. The quantitative estimate of drug-likeness (QED) is 0.188. The molecule has 0 aliphatic rings. The second-order valence-electron chi connectivity index (χ2n) is 10.9. The van der Waals surface area contributed by atoms with E-state index in [2.05, 4.69) is 82.0 Å². The maximum atomic E-state index is 12.2. The van der Waals surface area contributed by atoms with Crippen molar-refractivity contribution in [1.29, 1.82) is 0 Å². The standard InChI is InChI=1S/C30H43N5O3/c1-30(2,3)38-29(37)33-16-15-32-28(36)10-8-7-9-17-35-26-18-22(21-31-4)11-12-23(26)19-24-13-14-25(34(5)6)20-27(24)35/h11-14,18-20,31H,7-10,15-17,21H2,1-6H3,(H-,32,33,36,37)/p+1. The first-order valence-corrected chi connectivity index (χ1v) is 13.5. The number of carbonyl (C=O) groups excluding carboxylic acids is 2. The summed E-state index contributed by atoms with van der Waals surface area (Å²) < 4.78 is 7.62. The number of unbranched alkanes of at least 4 members (excludes halogenated alkanes) is 2. The SMILES string of the molecule is CNCc1ccc2cc3ccc(N(C)C)cc3[n+](CCCCCC(=O)NCCNC(=O)OC(C)(C)C)c2c1. The van der Waals surface area contributed by atoms with Gasteiger partial charge in [0.2, 0.25) is 16.9 Å². The third-order valence-electron chi connectivity index (χ3n) is 6.30. The van der Waals surface area contributed by atoms with Crippen LogP contribution in [-0.4, -0.2) is 51.8 Å². The molecule has 2 amide bonds. The Labute approximate surface area is 226 Å². The number of nitrogens with zero attached hydrogens (tertiary/aromatic N) is 2. The average Bonchev–Trinajstić information content (AvgIpc) is 2.85. The van der Waals surface area contributed by atoms with E-state index in [4.69, 9.17) is 4.74 Å². The summed E-state index contributed by atoms with van der Waals surface area (Å²) in [5, 5.41) is 11.2. The first-order chi connectivity index (χ1) is 18.1. The summed E-state index contributed by atoms with van der Waals surface area (Å²) in [4.78, 5) is 26.0. The van der Waals surface area contributed by atoms with Crippen molar-refractivity contribution in [3.63, 3.8) is 0 Å². The molecule has 0 atom stereocenters. The molecule has 3 N–H and O–H groups in total. The van der Waals surface area contributed by atoms with Crippen LogP contribution < -0.4 is 25.4 Å². The second kappa shape index (κ2) is 13.4. The van der Waals surface area contributed by atoms with Gasteiger partial charge in [-0.3, -0.25) is 4.79 Å². The number of pyridine rings is 1. The highest BCUT2D eigenvalue weighted by Crippen LogP contribution is 2.24. The van der Waals surface area contributed by atoms with Gasteiger partial charge in [0.05, 0.1) is 0 Å². The zero-order valence-corrected chi connectivity index (χ0v) is 23.8. The summed E-state index contributed by atoms with van der Waals surface area (Å²) >= 11 is 0. The minimum atomic E-state index is -0.534. The fraction of sp³-hybridized carbons (Fsp3) is 0.500. The van der Waals surface area contributed by atoms with Gasteiger partial charge in [0.25, 0.3) is 0 Å². The van der Waals surface area contributed by atoms with Crippen LogP contribution in [0.15, 0.2) is 42.5 Å². The molecule has 206 valence electrons. The molecule has 1 heterocycles. The largest absolute Gasteiger partial charge is 0.444 e. The molecule has 8 heteroatoms. The number of benzene rings is 2. The summed E-state index contributed by atoms with van der Waals surface area (Å²) in [6.45, 7) is 7.89. The fourth-order valence-corrected chi connectivity index (χ4v) is 4.46. The minimum absolute atomic E-state index is 0.00610. The van der Waals surface area contributed by atoms with Gasteiger partial charge in [0.1, 0.15) is 12.1 Å². The first kappa shape index (κ1) is 29.2. The van der Waals surface area contributed by atoms with Gasteiger partial charge in [-0.25, -0.2) is 4.79 Å². The van der Waals surface area contributed by atoms with E-state index in [-0.39, 0.29) is 5.91 Å². The Morgan fingerprint density at radius 3 is 2.26 bits per heavy atom. The number of alkyl carbamates (subject to hydrolysis) is 1. The van der Waals surface area contributed by atoms with Crippen molar-refractivity contribution in [3.05, 3.63) is 48.0 Å². The van der Waals surface area contributed by atoms with Gasteiger partial charge in [-0.2, -0.15) is 4.57 Å². The number of fused-ring (bicyclic) bond motifs is 2. The van der Waals surface area contributed by atoms with Crippen LogP contribution in [0.25, 0.3) is 21.8 Å². The Bertz CT molecular complexity index is 1250. The molecule has 0 saturated carbocycles. The molecule has 0 aliphatic carbocycles. The summed E-state index contributed by atoms with van der Waals surface area (Å²) in [5.41, 5.74) is 4.36. The van der Waals surface area contributed by atoms with E-state index >= 15 is 0 Å². The maximum Gasteiger partial charge on any atom is 0.407 e. The zero-order chi connectivity index (χ0) is 27.7. The Kier molecular flexibility index (Phi) is 10.3. The summed E-state index contributed by atoms with van der Waals surface area (Å²) in [5.74, 6) is 0.00610. The topological polar surface area (TPSA) is 86.6 Å². The van der Waals surface area contributed by atoms with Crippen molar-refractivity contribution in [2.45, 2.75) is 65.1 Å². The van der Waals surface area contributed by atoms with E-state index in [1.165, 1.54) is 33.1 Å². The van der Waals surface area contributed by atoms with Crippen molar-refractivity contribution >= 4 is 39.5 Å². The lowest BCUT2D eigenvalue weighted by molar-refractivity contribution is -0.645. The summed E-state index contributed by atoms with van der Waals surface area (Å²) in [7, 11) is 6.10. The molecule has 38 heavy (non-hydrogen) atoms. The molecule has 0 aliphatic heterocycles. The first-order valence-electron chi connectivity index (χ1n) is 13.5. The Balaban J connectivity index is 1.57. The molecule has 1 aromatic heterocycles. The average molecular weight is 523 g/mol. The molecule has 0 unspecified atom stereocenters. The highest BCUT2D eigenvalue weighted by molar-refractivity contribution is 5.90. The van der Waals surface area contributed by atoms with Crippen LogP contribution in [-0.2, 0) is 22.6 Å². The highest BCUT2D eigenvalue weighted by Gasteiger charge is 2.18. The second-order valence-corrected chi connectivity index (χ2v) is 10.9. The Morgan fingerprint density at radius 2 is 1.58 bits per heavy atom. The minimum Gasteiger partial charge on any atom is -0.444 e. The van der Waals surface area contributed by atoms with Gasteiger partial charge in [-0.15, -0.1) is 0 Å². The lowest BCUT2D eigenvalue weighted by Crippen LogP contribution is -2.37. The van der Waals surface area contributed by atoms with E-state index in [1.807, 2.05) is 27.8 Å². The van der Waals surface area contributed by atoms with Crippen molar-refractivity contribution in [2.75, 3.05) is 39.1 Å². The molecule has 3 aromatic rings. The lowest BCUT2D eigenvalue weighted by atomic mass is 10.1. The third kappa shape index (κ3) is 8.58. The number of aromatic nitrogens is 1. The van der Waals surface area contributed by atoms with Gasteiger partial charge in [0, 0.05) is 75.2 Å². The molecular weight excluding hydrogens is 478 g/mol. The van der Waals surface area contributed by atoms with Gasteiger partial charge >= 0.3 is 6.09 Å². The van der Waals surface area contributed by atoms with Crippen LogP contribution in [0.4, 0.5) is 10.5 Å². The van der Waals surface area contributed by atoms with Crippen LogP contribution in [0, 0.1) is 0 Å². The van der Waals surface area contributed by atoms with E-state index in [1.54, 1.807) is 0 Å². The number of carbonyl (C=O) groups is 2. The van der Waals surface area contributed by atoms with Crippen LogP contribution in [0.2, 0.25) is 0 Å². The molecule has 8 nitrogen and oxygen atoms in total. The summed E-state index contributed by atoms with van der Waals surface area (Å²) in [6.07, 6.45) is 2.76. The van der Waals surface area contributed by atoms with Crippen LogP contribution >= 0.6 is 0 Å². The Hall–Kier alpha value is -3.39. The fourth-order valence-electron chi connectivity index (χ4n) is 4.46. The van der Waals surface area contributed by atoms with E-state index in [9.17, 15) is 9.59 Å². The molecule has 0 spiro atoms. The molecule has 0 fully saturated rings. The number of hydrogen-bond donors (Lipinski definition) is 3. The van der Waals surface area contributed by atoms with E-state index in [0.717, 1.165) is 32.4 Å². The predicted molar refractivity (Wildman–Crippen MR) is 154 cm³/mol. The molecule has 0 saturated heterocycles. The van der Waals surface area contributed by atoms with E-state index in [0.29, 0.717) is 19.5 Å². The monoisotopic (exact) mass is 522 g/mol. The van der Waals surface area contributed by atoms with Crippen molar-refractivity contribution in [3.8, 4) is 0 Å². The number of ether oxygens (including phenoxy) is 1. The number of nitrogens with one attached hydrogen (secondary N) is 3.